The highest BCUT2D eigenvalue weighted by Gasteiger charge is 2.42. The van der Waals surface area contributed by atoms with Gasteiger partial charge in [0, 0.05) is 19.6 Å². The van der Waals surface area contributed by atoms with Crippen LogP contribution in [0.4, 0.5) is 4.79 Å². The maximum Gasteiger partial charge on any atom is 0.326 e. The third-order valence-electron chi connectivity index (χ3n) is 4.33. The summed E-state index contributed by atoms with van der Waals surface area (Å²) in [6, 6.07) is -0.912. The second-order valence-corrected chi connectivity index (χ2v) is 5.80. The van der Waals surface area contributed by atoms with Gasteiger partial charge in [0.1, 0.15) is 6.04 Å². The van der Waals surface area contributed by atoms with E-state index in [1.54, 1.807) is 4.90 Å². The van der Waals surface area contributed by atoms with Gasteiger partial charge in [-0.25, -0.2) is 9.59 Å². The Kier molecular flexibility index (Phi) is 3.99. The minimum absolute atomic E-state index is 0.00532. The van der Waals surface area contributed by atoms with E-state index in [1.807, 2.05) is 13.8 Å². The quantitative estimate of drug-likeness (QED) is 0.731. The summed E-state index contributed by atoms with van der Waals surface area (Å²) in [5, 5.41) is 18.9. The Morgan fingerprint density at radius 3 is 2.37 bits per heavy atom. The summed E-state index contributed by atoms with van der Waals surface area (Å²) in [7, 11) is 0. The molecule has 2 aliphatic heterocycles. The van der Waals surface area contributed by atoms with Crippen molar-refractivity contribution in [2.24, 2.45) is 11.8 Å². The summed E-state index contributed by atoms with van der Waals surface area (Å²) in [6.45, 7) is 5.28. The lowest BCUT2D eigenvalue weighted by atomic mass is 9.97. The highest BCUT2D eigenvalue weighted by atomic mass is 16.4. The number of amides is 2. The number of nitrogens with zero attached hydrogens (tertiary/aromatic N) is 2. The predicted octanol–water partition coefficient (Wildman–Crippen LogP) is 0.604. The van der Waals surface area contributed by atoms with E-state index in [2.05, 4.69) is 0 Å². The lowest BCUT2D eigenvalue weighted by molar-refractivity contribution is -0.142. The first-order valence-electron chi connectivity index (χ1n) is 6.88. The molecule has 2 N–H and O–H groups in total. The second-order valence-electron chi connectivity index (χ2n) is 5.80. The number of hydrogen-bond donors (Lipinski definition) is 2. The van der Waals surface area contributed by atoms with Crippen molar-refractivity contribution in [3.05, 3.63) is 0 Å². The summed E-state index contributed by atoms with van der Waals surface area (Å²) in [5.41, 5.74) is 0. The third kappa shape index (κ3) is 2.68. The van der Waals surface area contributed by atoms with E-state index in [9.17, 15) is 19.8 Å². The molecule has 2 saturated heterocycles. The number of carbonyl (C=O) groups excluding carboxylic acids is 1. The zero-order valence-electron chi connectivity index (χ0n) is 11.5. The number of aliphatic carboxylic acids is 1. The molecule has 2 aliphatic rings. The number of carboxylic acids is 1. The molecule has 19 heavy (non-hydrogen) atoms. The fourth-order valence-electron chi connectivity index (χ4n) is 3.03. The van der Waals surface area contributed by atoms with Gasteiger partial charge in [0.2, 0.25) is 0 Å². The van der Waals surface area contributed by atoms with Crippen molar-refractivity contribution in [1.29, 1.82) is 0 Å². The number of piperidine rings is 1. The Hall–Kier alpha value is -1.30. The van der Waals surface area contributed by atoms with Crippen LogP contribution in [0.3, 0.4) is 0 Å². The Balaban J connectivity index is 2.05. The van der Waals surface area contributed by atoms with Gasteiger partial charge in [-0.3, -0.25) is 0 Å². The third-order valence-corrected chi connectivity index (χ3v) is 4.33. The maximum absolute atomic E-state index is 12.4. The highest BCUT2D eigenvalue weighted by Crippen LogP contribution is 2.27. The van der Waals surface area contributed by atoms with Gasteiger partial charge in [-0.05, 0) is 24.7 Å². The van der Waals surface area contributed by atoms with Gasteiger partial charge < -0.3 is 20.0 Å². The van der Waals surface area contributed by atoms with Crippen molar-refractivity contribution in [3.8, 4) is 0 Å². The minimum atomic E-state index is -0.927. The zero-order valence-corrected chi connectivity index (χ0v) is 11.5. The molecule has 0 radical (unpaired) electrons. The summed E-state index contributed by atoms with van der Waals surface area (Å²) >= 11 is 0. The van der Waals surface area contributed by atoms with Crippen LogP contribution in [0.5, 0.6) is 0 Å². The van der Waals surface area contributed by atoms with Gasteiger partial charge in [-0.1, -0.05) is 13.8 Å². The Morgan fingerprint density at radius 1 is 1.11 bits per heavy atom. The van der Waals surface area contributed by atoms with Crippen LogP contribution in [0.25, 0.3) is 0 Å². The molecule has 0 aromatic heterocycles. The molecular weight excluding hydrogens is 248 g/mol. The summed E-state index contributed by atoms with van der Waals surface area (Å²) in [4.78, 5) is 26.8. The van der Waals surface area contributed by atoms with Crippen molar-refractivity contribution in [3.63, 3.8) is 0 Å². The molecular formula is C13H22N2O4. The molecule has 4 atom stereocenters. The molecule has 0 saturated carbocycles. The Morgan fingerprint density at radius 2 is 1.79 bits per heavy atom. The monoisotopic (exact) mass is 270 g/mol. The molecule has 0 aliphatic carbocycles. The molecule has 2 amide bonds. The minimum Gasteiger partial charge on any atom is -0.480 e. The van der Waals surface area contributed by atoms with E-state index in [0.29, 0.717) is 26.1 Å². The van der Waals surface area contributed by atoms with Gasteiger partial charge in [0.25, 0.3) is 0 Å². The average Bonchev–Trinajstić information content (AvgIpc) is 2.74. The van der Waals surface area contributed by atoms with Crippen LogP contribution in [0.2, 0.25) is 0 Å². The van der Waals surface area contributed by atoms with Crippen LogP contribution in [-0.2, 0) is 4.79 Å². The van der Waals surface area contributed by atoms with E-state index in [1.165, 1.54) is 4.90 Å². The number of likely N-dealkylation sites (tertiary alicyclic amines) is 2. The summed E-state index contributed by atoms with van der Waals surface area (Å²) in [6.07, 6.45) is 0.930. The van der Waals surface area contributed by atoms with E-state index in [0.717, 1.165) is 6.42 Å². The molecule has 108 valence electrons. The molecule has 6 heteroatoms. The largest absolute Gasteiger partial charge is 0.480 e. The Bertz CT molecular complexity index is 374. The van der Waals surface area contributed by atoms with Gasteiger partial charge in [0.05, 0.1) is 6.10 Å². The smallest absolute Gasteiger partial charge is 0.326 e. The number of aliphatic hydroxyl groups is 1. The first-order chi connectivity index (χ1) is 8.91. The van der Waals surface area contributed by atoms with Crippen LogP contribution in [-0.4, -0.2) is 63.8 Å². The molecule has 4 unspecified atom stereocenters. The number of hydrogen-bond acceptors (Lipinski definition) is 3. The number of urea groups is 1. The van der Waals surface area contributed by atoms with Crippen LogP contribution in [0, 0.1) is 11.8 Å². The van der Waals surface area contributed by atoms with Crippen molar-refractivity contribution < 1.29 is 19.8 Å². The van der Waals surface area contributed by atoms with Gasteiger partial charge in [-0.15, -0.1) is 0 Å². The summed E-state index contributed by atoms with van der Waals surface area (Å²) in [5.74, 6) is -0.890. The second kappa shape index (κ2) is 5.36. The van der Waals surface area contributed by atoms with E-state index >= 15 is 0 Å². The predicted molar refractivity (Wildman–Crippen MR) is 68.7 cm³/mol. The SMILES string of the molecule is CC1CN(C(=O)N2CCC(C)C2C(=O)O)CCC1O. The highest BCUT2D eigenvalue weighted by molar-refractivity contribution is 5.83. The average molecular weight is 270 g/mol. The molecule has 6 nitrogen and oxygen atoms in total. The molecule has 0 bridgehead atoms. The van der Waals surface area contributed by atoms with E-state index in [4.69, 9.17) is 0 Å². The lowest BCUT2D eigenvalue weighted by Gasteiger charge is -2.37. The van der Waals surface area contributed by atoms with E-state index < -0.39 is 12.0 Å². The fourth-order valence-corrected chi connectivity index (χ4v) is 3.03. The van der Waals surface area contributed by atoms with Gasteiger partial charge >= 0.3 is 12.0 Å². The number of carbonyl (C=O) groups is 2. The standard InChI is InChI=1S/C13H22N2O4/c1-8-3-6-15(11(8)12(17)18)13(19)14-5-4-10(16)9(2)7-14/h8-11,16H,3-7H2,1-2H3,(H,17,18). The molecule has 0 spiro atoms. The number of rotatable bonds is 1. The van der Waals surface area contributed by atoms with Crippen LogP contribution in [0.1, 0.15) is 26.7 Å². The van der Waals surface area contributed by atoms with Crippen molar-refractivity contribution >= 4 is 12.0 Å². The topological polar surface area (TPSA) is 81.1 Å². The normalized spacial score (nSPS) is 35.5. The number of carboxylic acid groups (broad SMARTS) is 1. The fraction of sp³-hybridized carbons (Fsp3) is 0.846. The Labute approximate surface area is 113 Å². The van der Waals surface area contributed by atoms with Gasteiger partial charge in [0.15, 0.2) is 0 Å². The van der Waals surface area contributed by atoms with Crippen molar-refractivity contribution in [1.82, 2.24) is 9.80 Å². The van der Waals surface area contributed by atoms with Crippen molar-refractivity contribution in [2.45, 2.75) is 38.8 Å². The summed E-state index contributed by atoms with van der Waals surface area (Å²) < 4.78 is 0. The van der Waals surface area contributed by atoms with Crippen molar-refractivity contribution in [2.75, 3.05) is 19.6 Å². The van der Waals surface area contributed by atoms with Crippen LogP contribution in [0.15, 0.2) is 0 Å². The first-order valence-corrected chi connectivity index (χ1v) is 6.88. The molecule has 0 aromatic rings. The molecule has 2 fully saturated rings. The zero-order chi connectivity index (χ0) is 14.2. The van der Waals surface area contributed by atoms with E-state index in [-0.39, 0.29) is 24.0 Å². The maximum atomic E-state index is 12.4. The van der Waals surface area contributed by atoms with Crippen LogP contribution < -0.4 is 0 Å². The number of aliphatic hydroxyl groups excluding tert-OH is 1. The first kappa shape index (κ1) is 14.1. The molecule has 0 aromatic carbocycles. The molecule has 2 rings (SSSR count). The lowest BCUT2D eigenvalue weighted by Crippen LogP contribution is -2.53. The molecule has 2 heterocycles. The van der Waals surface area contributed by atoms with Crippen LogP contribution >= 0.6 is 0 Å². The van der Waals surface area contributed by atoms with Gasteiger partial charge in [-0.2, -0.15) is 0 Å².